The third kappa shape index (κ3) is 2.44. The smallest absolute Gasteiger partial charge is 0.253 e. The van der Waals surface area contributed by atoms with E-state index in [4.69, 9.17) is 0 Å². The van der Waals surface area contributed by atoms with Gasteiger partial charge in [0, 0.05) is 37.1 Å². The zero-order chi connectivity index (χ0) is 16.0. The molecule has 0 aliphatic heterocycles. The van der Waals surface area contributed by atoms with E-state index in [-0.39, 0.29) is 5.91 Å². The van der Waals surface area contributed by atoms with Crippen molar-refractivity contribution in [3.05, 3.63) is 29.7 Å². The topological polar surface area (TPSA) is 46.9 Å². The van der Waals surface area contributed by atoms with Gasteiger partial charge in [0.15, 0.2) is 0 Å². The van der Waals surface area contributed by atoms with E-state index in [0.717, 1.165) is 34.6 Å². The number of amides is 1. The highest BCUT2D eigenvalue weighted by atomic mass is 16.1. The second-order valence-corrected chi connectivity index (χ2v) is 7.61. The molecule has 1 amide bonds. The molecule has 3 aliphatic rings. The lowest BCUT2D eigenvalue weighted by Crippen LogP contribution is -2.43. The predicted octanol–water partition coefficient (Wildman–Crippen LogP) is 3.58. The number of hydrogen-bond acceptors (Lipinski definition) is 2. The Bertz CT molecular complexity index is 740. The Morgan fingerprint density at radius 2 is 2.04 bits per heavy atom. The van der Waals surface area contributed by atoms with E-state index in [2.05, 4.69) is 10.3 Å². The number of nitrogens with zero attached hydrogens (tertiary/aromatic N) is 2. The van der Waals surface area contributed by atoms with E-state index in [1.54, 1.807) is 6.20 Å². The number of nitrogens with one attached hydrogen (secondary N) is 1. The lowest BCUT2D eigenvalue weighted by Gasteiger charge is -2.46. The summed E-state index contributed by atoms with van der Waals surface area (Å²) < 4.78 is 2.02. The highest BCUT2D eigenvalue weighted by Crippen LogP contribution is 2.49. The number of aromatic nitrogens is 2. The van der Waals surface area contributed by atoms with E-state index in [0.29, 0.717) is 5.41 Å². The van der Waals surface area contributed by atoms with Crippen LogP contribution in [0, 0.1) is 18.3 Å². The third-order valence-electron chi connectivity index (χ3n) is 6.21. The number of fused-ring (bicyclic) bond motifs is 4. The summed E-state index contributed by atoms with van der Waals surface area (Å²) in [5, 5.41) is 4.22. The number of carbonyl (C=O) groups is 1. The van der Waals surface area contributed by atoms with Crippen molar-refractivity contribution < 1.29 is 4.79 Å². The van der Waals surface area contributed by atoms with Crippen molar-refractivity contribution in [2.24, 2.45) is 18.4 Å². The molecule has 0 aromatic carbocycles. The molecule has 2 bridgehead atoms. The van der Waals surface area contributed by atoms with Gasteiger partial charge in [-0.15, -0.1) is 0 Å². The lowest BCUT2D eigenvalue weighted by molar-refractivity contribution is 0.0598. The monoisotopic (exact) mass is 311 g/mol. The number of pyridine rings is 1. The Labute approximate surface area is 137 Å². The van der Waals surface area contributed by atoms with Crippen LogP contribution in [-0.2, 0) is 7.05 Å². The average Bonchev–Trinajstić information content (AvgIpc) is 2.93. The number of aryl methyl sites for hydroxylation is 2. The van der Waals surface area contributed by atoms with Crippen LogP contribution in [0.15, 0.2) is 18.5 Å². The van der Waals surface area contributed by atoms with Crippen LogP contribution in [0.2, 0.25) is 0 Å². The molecule has 0 unspecified atom stereocenters. The van der Waals surface area contributed by atoms with Crippen molar-refractivity contribution >= 4 is 16.8 Å². The van der Waals surface area contributed by atoms with Gasteiger partial charge in [0.05, 0.1) is 11.1 Å². The molecular weight excluding hydrogens is 286 g/mol. The zero-order valence-electron chi connectivity index (χ0n) is 14.1. The summed E-state index contributed by atoms with van der Waals surface area (Å²) in [6, 6.07) is 1.97. The van der Waals surface area contributed by atoms with Gasteiger partial charge in [-0.05, 0) is 62.8 Å². The number of carbonyl (C=O) groups excluding carboxylic acids is 1. The fraction of sp³-hybridized carbons (Fsp3) is 0.579. The van der Waals surface area contributed by atoms with E-state index >= 15 is 0 Å². The highest BCUT2D eigenvalue weighted by molar-refractivity contribution is 6.07. The van der Waals surface area contributed by atoms with E-state index < -0.39 is 0 Å². The number of hydrogen-bond donors (Lipinski definition) is 1. The first-order chi connectivity index (χ1) is 11.1. The molecule has 2 heterocycles. The minimum atomic E-state index is 0.0498. The molecule has 4 nitrogen and oxygen atoms in total. The van der Waals surface area contributed by atoms with Gasteiger partial charge in [0.25, 0.3) is 5.91 Å². The summed E-state index contributed by atoms with van der Waals surface area (Å²) >= 11 is 0. The van der Waals surface area contributed by atoms with Gasteiger partial charge in [-0.3, -0.25) is 9.78 Å². The lowest BCUT2D eigenvalue weighted by atomic mass is 9.61. The molecule has 2 aromatic rings. The fourth-order valence-corrected chi connectivity index (χ4v) is 4.65. The maximum atomic E-state index is 12.8. The summed E-state index contributed by atoms with van der Waals surface area (Å²) in [4.78, 5) is 17.1. The van der Waals surface area contributed by atoms with Gasteiger partial charge in [-0.2, -0.15) is 0 Å². The summed E-state index contributed by atoms with van der Waals surface area (Å²) in [7, 11) is 1.99. The van der Waals surface area contributed by atoms with Crippen LogP contribution in [-0.4, -0.2) is 22.0 Å². The van der Waals surface area contributed by atoms with Crippen LogP contribution in [0.3, 0.4) is 0 Å². The molecule has 4 heteroatoms. The van der Waals surface area contributed by atoms with Gasteiger partial charge < -0.3 is 9.88 Å². The molecule has 0 saturated heterocycles. The van der Waals surface area contributed by atoms with Crippen molar-refractivity contribution in [2.45, 2.75) is 45.4 Å². The molecule has 3 fully saturated rings. The van der Waals surface area contributed by atoms with Crippen LogP contribution in [0.4, 0.5) is 0 Å². The molecular formula is C19H25N3O. The van der Waals surface area contributed by atoms with Gasteiger partial charge in [-0.25, -0.2) is 0 Å². The second kappa shape index (κ2) is 5.36. The third-order valence-corrected chi connectivity index (χ3v) is 6.21. The minimum Gasteiger partial charge on any atom is -0.351 e. The van der Waals surface area contributed by atoms with Gasteiger partial charge in [-0.1, -0.05) is 0 Å². The van der Waals surface area contributed by atoms with Crippen molar-refractivity contribution in [2.75, 3.05) is 6.54 Å². The Balaban J connectivity index is 1.56. The van der Waals surface area contributed by atoms with Crippen molar-refractivity contribution in [1.29, 1.82) is 0 Å². The van der Waals surface area contributed by atoms with Gasteiger partial charge in [0.2, 0.25) is 0 Å². The zero-order valence-corrected chi connectivity index (χ0v) is 14.1. The molecule has 3 saturated carbocycles. The molecule has 5 rings (SSSR count). The molecule has 23 heavy (non-hydrogen) atoms. The Kier molecular flexibility index (Phi) is 3.43. The predicted molar refractivity (Wildman–Crippen MR) is 91.4 cm³/mol. The summed E-state index contributed by atoms with van der Waals surface area (Å²) in [6.45, 7) is 2.80. The largest absolute Gasteiger partial charge is 0.351 e. The maximum Gasteiger partial charge on any atom is 0.253 e. The van der Waals surface area contributed by atoms with E-state index in [9.17, 15) is 4.79 Å². The molecule has 1 N–H and O–H groups in total. The molecule has 0 spiro atoms. The van der Waals surface area contributed by atoms with Crippen molar-refractivity contribution in [1.82, 2.24) is 14.9 Å². The van der Waals surface area contributed by atoms with E-state index in [1.165, 1.54) is 38.5 Å². The molecule has 122 valence electrons. The number of rotatable bonds is 3. The Morgan fingerprint density at radius 1 is 1.35 bits per heavy atom. The summed E-state index contributed by atoms with van der Waals surface area (Å²) in [6.07, 6.45) is 11.7. The second-order valence-electron chi connectivity index (χ2n) is 7.61. The van der Waals surface area contributed by atoms with Crippen LogP contribution in [0.5, 0.6) is 0 Å². The molecule has 0 radical (unpaired) electrons. The first kappa shape index (κ1) is 14.7. The fourth-order valence-electron chi connectivity index (χ4n) is 4.65. The van der Waals surface area contributed by atoms with Gasteiger partial charge in [0.1, 0.15) is 0 Å². The quantitative estimate of drug-likeness (QED) is 0.941. The normalized spacial score (nSPS) is 26.6. The Hall–Kier alpha value is -1.84. The van der Waals surface area contributed by atoms with Crippen LogP contribution < -0.4 is 5.32 Å². The summed E-state index contributed by atoms with van der Waals surface area (Å²) in [5.74, 6) is 1.01. The molecule has 2 aromatic heterocycles. The maximum absolute atomic E-state index is 12.8. The van der Waals surface area contributed by atoms with Crippen LogP contribution in [0.1, 0.15) is 54.6 Å². The Morgan fingerprint density at radius 3 is 2.74 bits per heavy atom. The van der Waals surface area contributed by atoms with Crippen LogP contribution >= 0.6 is 0 Å². The SMILES string of the molecule is Cc1nccc2c1c(C(=O)NCC13CCC(CC1)CC3)cn2C. The van der Waals surface area contributed by atoms with Crippen molar-refractivity contribution in [3.63, 3.8) is 0 Å². The standard InChI is InChI=1S/C19H25N3O/c1-13-17-15(11-22(2)16(17)6-10-20-13)18(23)21-12-19-7-3-14(4-8-19)5-9-19/h6,10-11,14H,3-5,7-9,12H2,1-2H3,(H,21,23). The molecule has 0 atom stereocenters. The first-order valence-corrected chi connectivity index (χ1v) is 8.77. The average molecular weight is 311 g/mol. The van der Waals surface area contributed by atoms with Crippen LogP contribution in [0.25, 0.3) is 10.9 Å². The van der Waals surface area contributed by atoms with Gasteiger partial charge >= 0.3 is 0 Å². The minimum absolute atomic E-state index is 0.0498. The van der Waals surface area contributed by atoms with Crippen molar-refractivity contribution in [3.8, 4) is 0 Å². The highest BCUT2D eigenvalue weighted by Gasteiger charge is 2.40. The summed E-state index contributed by atoms with van der Waals surface area (Å²) in [5.41, 5.74) is 3.11. The molecule has 3 aliphatic carbocycles. The van der Waals surface area contributed by atoms with E-state index in [1.807, 2.05) is 30.8 Å². The first-order valence-electron chi connectivity index (χ1n) is 8.77.